The van der Waals surface area contributed by atoms with Crippen LogP contribution in [0.3, 0.4) is 0 Å². The van der Waals surface area contributed by atoms with Crippen LogP contribution in [0.25, 0.3) is 0 Å². The Labute approximate surface area is 113 Å². The lowest BCUT2D eigenvalue weighted by Gasteiger charge is -2.19. The number of esters is 1. The summed E-state index contributed by atoms with van der Waals surface area (Å²) in [6, 6.07) is 0. The topological polar surface area (TPSA) is 26.3 Å². The van der Waals surface area contributed by atoms with Crippen LogP contribution in [0.15, 0.2) is 0 Å². The van der Waals surface area contributed by atoms with Gasteiger partial charge in [-0.3, -0.25) is 4.79 Å². The number of hydrogen-bond acceptors (Lipinski definition) is 2. The van der Waals surface area contributed by atoms with Gasteiger partial charge in [0.05, 0.1) is 0 Å². The summed E-state index contributed by atoms with van der Waals surface area (Å²) in [4.78, 5) is 11.4. The fourth-order valence-corrected chi connectivity index (χ4v) is 1.62. The van der Waals surface area contributed by atoms with E-state index in [-0.39, 0.29) is 24.0 Å². The average Bonchev–Trinajstić information content (AvgIpc) is 2.13. The minimum Gasteiger partial charge on any atom is -0.460 e. The second kappa shape index (κ2) is 10.9. The van der Waals surface area contributed by atoms with Crippen LogP contribution < -0.4 is 0 Å². The van der Waals surface area contributed by atoms with Gasteiger partial charge in [-0.25, -0.2) is 0 Å². The lowest BCUT2D eigenvalue weighted by molar-refractivity contribution is -0.154. The van der Waals surface area contributed by atoms with Gasteiger partial charge in [-0.15, -0.1) is 12.4 Å². The van der Waals surface area contributed by atoms with Crippen molar-refractivity contribution >= 4 is 18.4 Å². The summed E-state index contributed by atoms with van der Waals surface area (Å²) in [7, 11) is 0. The van der Waals surface area contributed by atoms with Crippen LogP contribution in [-0.4, -0.2) is 11.6 Å². The molecule has 0 radical (unpaired) electrons. The second-order valence-electron chi connectivity index (χ2n) is 5.46. The highest BCUT2D eigenvalue weighted by molar-refractivity contribution is 5.85. The minimum absolute atomic E-state index is 0. The molecule has 0 fully saturated rings. The number of ether oxygens (including phenoxy) is 1. The highest BCUT2D eigenvalue weighted by atomic mass is 35.5. The maximum Gasteiger partial charge on any atom is 0.306 e. The molecular weight excluding hydrogens is 236 g/mol. The fourth-order valence-electron chi connectivity index (χ4n) is 1.62. The second-order valence-corrected chi connectivity index (χ2v) is 5.46. The normalized spacial score (nSPS) is 10.8. The van der Waals surface area contributed by atoms with Gasteiger partial charge in [0, 0.05) is 6.42 Å². The zero-order valence-electron chi connectivity index (χ0n) is 11.9. The summed E-state index contributed by atoms with van der Waals surface area (Å²) >= 11 is 0. The third kappa shape index (κ3) is 15.8. The number of carbonyl (C=O) groups excluding carboxylic acids is 1. The highest BCUT2D eigenvalue weighted by Gasteiger charge is 2.15. The lowest BCUT2D eigenvalue weighted by Crippen LogP contribution is -2.23. The van der Waals surface area contributed by atoms with Gasteiger partial charge in [-0.05, 0) is 27.2 Å². The summed E-state index contributed by atoms with van der Waals surface area (Å²) in [5.74, 6) is -0.0546. The van der Waals surface area contributed by atoms with Crippen molar-refractivity contribution in [2.24, 2.45) is 0 Å². The zero-order valence-corrected chi connectivity index (χ0v) is 12.7. The van der Waals surface area contributed by atoms with E-state index in [0.29, 0.717) is 6.42 Å². The zero-order chi connectivity index (χ0) is 12.4. The van der Waals surface area contributed by atoms with Gasteiger partial charge in [-0.2, -0.15) is 0 Å². The molecule has 104 valence electrons. The third-order valence-electron chi connectivity index (χ3n) is 2.40. The van der Waals surface area contributed by atoms with E-state index < -0.39 is 0 Å². The number of carbonyl (C=O) groups is 1. The number of hydrogen-bond donors (Lipinski definition) is 0. The van der Waals surface area contributed by atoms with Crippen LogP contribution in [0.1, 0.15) is 79.1 Å². The monoisotopic (exact) mass is 264 g/mol. The van der Waals surface area contributed by atoms with Gasteiger partial charge in [0.1, 0.15) is 5.60 Å². The van der Waals surface area contributed by atoms with Gasteiger partial charge in [0.15, 0.2) is 0 Å². The Balaban J connectivity index is 0. The molecule has 0 atom stereocenters. The Bertz CT molecular complexity index is 185. The molecule has 17 heavy (non-hydrogen) atoms. The first kappa shape index (κ1) is 19.1. The van der Waals surface area contributed by atoms with E-state index in [9.17, 15) is 4.79 Å². The van der Waals surface area contributed by atoms with E-state index in [4.69, 9.17) is 4.74 Å². The molecule has 0 aromatic rings. The summed E-state index contributed by atoms with van der Waals surface area (Å²) in [5, 5.41) is 0. The van der Waals surface area contributed by atoms with Crippen molar-refractivity contribution in [2.75, 3.05) is 0 Å². The average molecular weight is 265 g/mol. The molecule has 0 saturated carbocycles. The Morgan fingerprint density at radius 1 is 0.941 bits per heavy atom. The summed E-state index contributed by atoms with van der Waals surface area (Å²) < 4.78 is 5.24. The smallest absolute Gasteiger partial charge is 0.306 e. The molecule has 0 aromatic heterocycles. The lowest BCUT2D eigenvalue weighted by atomic mass is 10.1. The number of halogens is 1. The number of unbranched alkanes of at least 4 members (excludes halogenated alkanes) is 6. The molecular formula is C14H29ClO2. The number of rotatable bonds is 8. The van der Waals surface area contributed by atoms with Gasteiger partial charge in [0.25, 0.3) is 0 Å². The van der Waals surface area contributed by atoms with Gasteiger partial charge < -0.3 is 4.74 Å². The largest absolute Gasteiger partial charge is 0.460 e. The molecule has 0 heterocycles. The molecule has 0 saturated heterocycles. The first-order chi connectivity index (χ1) is 7.45. The van der Waals surface area contributed by atoms with Crippen molar-refractivity contribution in [3.8, 4) is 0 Å². The molecule has 0 aliphatic rings. The molecule has 0 aliphatic heterocycles. The van der Waals surface area contributed by atoms with Crippen molar-refractivity contribution in [2.45, 2.75) is 84.7 Å². The van der Waals surface area contributed by atoms with Crippen LogP contribution in [0.4, 0.5) is 0 Å². The standard InChI is InChI=1S/C14H28O2.ClH/c1-5-6-7-8-9-10-11-12-13(15)16-14(2,3)4;/h5-12H2,1-4H3;1H. The molecule has 0 aromatic carbocycles. The molecule has 3 heteroatoms. The van der Waals surface area contributed by atoms with Crippen LogP contribution in [-0.2, 0) is 9.53 Å². The van der Waals surface area contributed by atoms with Crippen molar-refractivity contribution in [1.82, 2.24) is 0 Å². The molecule has 0 N–H and O–H groups in total. The van der Waals surface area contributed by atoms with E-state index in [1.807, 2.05) is 20.8 Å². The molecule has 0 spiro atoms. The van der Waals surface area contributed by atoms with E-state index in [1.165, 1.54) is 32.1 Å². The van der Waals surface area contributed by atoms with Gasteiger partial charge >= 0.3 is 5.97 Å². The van der Waals surface area contributed by atoms with Crippen LogP contribution in [0.2, 0.25) is 0 Å². The molecule has 0 unspecified atom stereocenters. The molecule has 0 aliphatic carbocycles. The molecule has 0 amide bonds. The van der Waals surface area contributed by atoms with Crippen LogP contribution in [0, 0.1) is 0 Å². The van der Waals surface area contributed by atoms with E-state index in [0.717, 1.165) is 12.8 Å². The predicted molar refractivity (Wildman–Crippen MR) is 75.7 cm³/mol. The molecule has 0 bridgehead atoms. The fraction of sp³-hybridized carbons (Fsp3) is 0.929. The van der Waals surface area contributed by atoms with Gasteiger partial charge in [0.2, 0.25) is 0 Å². The van der Waals surface area contributed by atoms with Crippen molar-refractivity contribution < 1.29 is 9.53 Å². The maximum absolute atomic E-state index is 11.4. The van der Waals surface area contributed by atoms with Crippen LogP contribution >= 0.6 is 12.4 Å². The van der Waals surface area contributed by atoms with Gasteiger partial charge in [-0.1, -0.05) is 45.4 Å². The van der Waals surface area contributed by atoms with Crippen LogP contribution in [0.5, 0.6) is 0 Å². The Morgan fingerprint density at radius 3 is 1.88 bits per heavy atom. The van der Waals surface area contributed by atoms with Crippen molar-refractivity contribution in [3.05, 3.63) is 0 Å². The first-order valence-electron chi connectivity index (χ1n) is 6.67. The van der Waals surface area contributed by atoms with Crippen molar-refractivity contribution in [3.63, 3.8) is 0 Å². The third-order valence-corrected chi connectivity index (χ3v) is 2.40. The molecule has 2 nitrogen and oxygen atoms in total. The Morgan fingerprint density at radius 2 is 1.41 bits per heavy atom. The predicted octanol–water partition coefficient (Wildman–Crippen LogP) is 4.89. The Hall–Kier alpha value is -0.240. The first-order valence-corrected chi connectivity index (χ1v) is 6.67. The van der Waals surface area contributed by atoms with Crippen molar-refractivity contribution in [1.29, 1.82) is 0 Å². The SMILES string of the molecule is CCCCCCCCCC(=O)OC(C)(C)C.Cl. The highest BCUT2D eigenvalue weighted by Crippen LogP contribution is 2.12. The Kier molecular flexibility index (Phi) is 12.2. The van der Waals surface area contributed by atoms with E-state index >= 15 is 0 Å². The minimum atomic E-state index is -0.335. The summed E-state index contributed by atoms with van der Waals surface area (Å²) in [5.41, 5.74) is -0.335. The summed E-state index contributed by atoms with van der Waals surface area (Å²) in [6.07, 6.45) is 9.23. The van der Waals surface area contributed by atoms with E-state index in [2.05, 4.69) is 6.92 Å². The maximum atomic E-state index is 11.4. The quantitative estimate of drug-likeness (QED) is 0.461. The molecule has 0 rings (SSSR count). The van der Waals surface area contributed by atoms with E-state index in [1.54, 1.807) is 0 Å². The summed E-state index contributed by atoms with van der Waals surface area (Å²) in [6.45, 7) is 7.96.